The molecule has 0 bridgehead atoms. The van der Waals surface area contributed by atoms with Gasteiger partial charge in [-0.2, -0.15) is 0 Å². The van der Waals surface area contributed by atoms with Gasteiger partial charge in [0.15, 0.2) is 0 Å². The minimum Gasteiger partial charge on any atom is -0.393 e. The van der Waals surface area contributed by atoms with Crippen LogP contribution in [0.15, 0.2) is 0 Å². The van der Waals surface area contributed by atoms with Gasteiger partial charge < -0.3 is 20.1 Å². The highest BCUT2D eigenvalue weighted by atomic mass is 16.5. The van der Waals surface area contributed by atoms with Gasteiger partial charge in [0.25, 0.3) is 0 Å². The molecule has 0 aliphatic carbocycles. The Hall–Kier alpha value is -0.160. The van der Waals surface area contributed by atoms with Crippen LogP contribution in [-0.2, 0) is 4.74 Å². The first-order chi connectivity index (χ1) is 8.76. The maximum atomic E-state index is 9.61. The molecule has 0 radical (unpaired) electrons. The maximum Gasteiger partial charge on any atom is 0.0790 e. The Morgan fingerprint density at radius 2 is 1.74 bits per heavy atom. The Morgan fingerprint density at radius 1 is 1.16 bits per heavy atom. The van der Waals surface area contributed by atoms with Gasteiger partial charge in [0.05, 0.1) is 17.3 Å². The average molecular weight is 270 g/mol. The molecule has 4 heteroatoms. The smallest absolute Gasteiger partial charge is 0.0790 e. The number of rotatable bonds is 3. The van der Waals surface area contributed by atoms with Crippen LogP contribution in [0, 0.1) is 5.92 Å². The molecule has 0 aromatic carbocycles. The molecule has 2 N–H and O–H groups in total. The molecule has 4 nitrogen and oxygen atoms in total. The van der Waals surface area contributed by atoms with Gasteiger partial charge in [-0.15, -0.1) is 0 Å². The summed E-state index contributed by atoms with van der Waals surface area (Å²) in [7, 11) is 2.03. The molecule has 2 aliphatic rings. The Bertz CT molecular complexity index is 309. The van der Waals surface area contributed by atoms with Gasteiger partial charge in [-0.3, -0.25) is 0 Å². The fourth-order valence-electron chi connectivity index (χ4n) is 3.96. The lowest BCUT2D eigenvalue weighted by Crippen LogP contribution is -2.51. The summed E-state index contributed by atoms with van der Waals surface area (Å²) in [6, 6.07) is 0.370. The van der Waals surface area contributed by atoms with Gasteiger partial charge in [0, 0.05) is 31.6 Å². The van der Waals surface area contributed by atoms with E-state index in [4.69, 9.17) is 4.74 Å². The SMILES string of the molecule is CNC1C(CN2CCC(O)CC2)C(C)(C)OC1(C)C. The molecule has 0 aromatic heterocycles. The monoisotopic (exact) mass is 270 g/mol. The van der Waals surface area contributed by atoms with Crippen LogP contribution < -0.4 is 5.32 Å². The van der Waals surface area contributed by atoms with Gasteiger partial charge >= 0.3 is 0 Å². The van der Waals surface area contributed by atoms with Crippen molar-refractivity contribution in [1.82, 2.24) is 10.2 Å². The predicted molar refractivity (Wildman–Crippen MR) is 77.3 cm³/mol. The van der Waals surface area contributed by atoms with Gasteiger partial charge in [-0.1, -0.05) is 0 Å². The topological polar surface area (TPSA) is 44.7 Å². The summed E-state index contributed by atoms with van der Waals surface area (Å²) < 4.78 is 6.28. The molecule has 2 saturated heterocycles. The second-order valence-electron chi connectivity index (χ2n) is 7.21. The summed E-state index contributed by atoms with van der Waals surface area (Å²) >= 11 is 0. The van der Waals surface area contributed by atoms with Gasteiger partial charge in [0.2, 0.25) is 0 Å². The second kappa shape index (κ2) is 5.32. The van der Waals surface area contributed by atoms with E-state index in [0.29, 0.717) is 12.0 Å². The van der Waals surface area contributed by atoms with Crippen LogP contribution >= 0.6 is 0 Å². The molecule has 2 heterocycles. The summed E-state index contributed by atoms with van der Waals surface area (Å²) in [5.74, 6) is 0.475. The van der Waals surface area contributed by atoms with Crippen LogP contribution in [-0.4, -0.2) is 60.0 Å². The fraction of sp³-hybridized carbons (Fsp3) is 1.00. The average Bonchev–Trinajstić information content (AvgIpc) is 2.46. The van der Waals surface area contributed by atoms with E-state index in [2.05, 4.69) is 37.9 Å². The first-order valence-corrected chi connectivity index (χ1v) is 7.54. The van der Waals surface area contributed by atoms with Crippen molar-refractivity contribution in [2.24, 2.45) is 5.92 Å². The third-order valence-corrected chi connectivity index (χ3v) is 4.89. The van der Waals surface area contributed by atoms with E-state index in [1.165, 1.54) is 0 Å². The Balaban J connectivity index is 2.04. The Kier molecular flexibility index (Phi) is 4.26. The second-order valence-corrected chi connectivity index (χ2v) is 7.21. The minimum absolute atomic E-state index is 0.0966. The number of ether oxygens (including phenoxy) is 1. The number of likely N-dealkylation sites (N-methyl/N-ethyl adjacent to an activating group) is 1. The number of hydrogen-bond acceptors (Lipinski definition) is 4. The molecular weight excluding hydrogens is 240 g/mol. The van der Waals surface area contributed by atoms with Crippen LogP contribution in [0.3, 0.4) is 0 Å². The summed E-state index contributed by atoms with van der Waals surface area (Å²) in [5, 5.41) is 13.1. The lowest BCUT2D eigenvalue weighted by molar-refractivity contribution is -0.0801. The van der Waals surface area contributed by atoms with Crippen molar-refractivity contribution >= 4 is 0 Å². The van der Waals surface area contributed by atoms with E-state index >= 15 is 0 Å². The minimum atomic E-state index is -0.127. The number of nitrogens with one attached hydrogen (secondary N) is 1. The summed E-state index contributed by atoms with van der Waals surface area (Å²) in [5.41, 5.74) is -0.231. The van der Waals surface area contributed by atoms with Crippen LogP contribution in [0.5, 0.6) is 0 Å². The summed E-state index contributed by atoms with van der Waals surface area (Å²) in [6.45, 7) is 11.8. The molecule has 2 rings (SSSR count). The van der Waals surface area contributed by atoms with E-state index in [1.54, 1.807) is 0 Å². The maximum absolute atomic E-state index is 9.61. The van der Waals surface area contributed by atoms with Crippen LogP contribution in [0.2, 0.25) is 0 Å². The first-order valence-electron chi connectivity index (χ1n) is 7.54. The molecule has 0 saturated carbocycles. The Morgan fingerprint density at radius 3 is 2.26 bits per heavy atom. The molecule has 112 valence electrons. The van der Waals surface area contributed by atoms with Gasteiger partial charge in [0.1, 0.15) is 0 Å². The van der Waals surface area contributed by atoms with E-state index in [-0.39, 0.29) is 17.3 Å². The van der Waals surface area contributed by atoms with E-state index in [9.17, 15) is 5.11 Å². The fourth-order valence-corrected chi connectivity index (χ4v) is 3.96. The Labute approximate surface area is 117 Å². The van der Waals surface area contributed by atoms with Gasteiger partial charge in [-0.25, -0.2) is 0 Å². The lowest BCUT2D eigenvalue weighted by atomic mass is 9.82. The molecule has 0 aromatic rings. The number of hydrogen-bond donors (Lipinski definition) is 2. The first kappa shape index (κ1) is 15.2. The summed E-state index contributed by atoms with van der Waals surface area (Å²) in [6.07, 6.45) is 1.71. The van der Waals surface area contributed by atoms with Crippen molar-refractivity contribution in [3.05, 3.63) is 0 Å². The van der Waals surface area contributed by atoms with E-state index < -0.39 is 0 Å². The molecule has 2 unspecified atom stereocenters. The molecule has 2 fully saturated rings. The number of nitrogens with zero attached hydrogens (tertiary/aromatic N) is 1. The standard InChI is InChI=1S/C15H30N2O2/c1-14(2)12(13(16-5)15(3,4)19-14)10-17-8-6-11(18)7-9-17/h11-13,16,18H,6-10H2,1-5H3. The summed E-state index contributed by atoms with van der Waals surface area (Å²) in [4.78, 5) is 2.48. The highest BCUT2D eigenvalue weighted by Crippen LogP contribution is 2.42. The van der Waals surface area contributed by atoms with E-state index in [1.807, 2.05) is 7.05 Å². The lowest BCUT2D eigenvalue weighted by Gasteiger charge is -2.37. The molecule has 2 atom stereocenters. The highest BCUT2D eigenvalue weighted by molar-refractivity contribution is 5.05. The molecular formula is C15H30N2O2. The van der Waals surface area contributed by atoms with Crippen LogP contribution in [0.25, 0.3) is 0 Å². The highest BCUT2D eigenvalue weighted by Gasteiger charge is 2.53. The van der Waals surface area contributed by atoms with Crippen molar-refractivity contribution in [2.75, 3.05) is 26.7 Å². The third kappa shape index (κ3) is 3.13. The molecule has 0 amide bonds. The predicted octanol–water partition coefficient (Wildman–Crippen LogP) is 1.23. The van der Waals surface area contributed by atoms with Crippen molar-refractivity contribution in [3.63, 3.8) is 0 Å². The molecule has 0 spiro atoms. The zero-order valence-electron chi connectivity index (χ0n) is 13.1. The zero-order valence-corrected chi connectivity index (χ0v) is 13.1. The normalized spacial score (nSPS) is 35.7. The van der Waals surface area contributed by atoms with Gasteiger partial charge in [-0.05, 0) is 47.6 Å². The van der Waals surface area contributed by atoms with Crippen LogP contribution in [0.4, 0.5) is 0 Å². The quantitative estimate of drug-likeness (QED) is 0.810. The molecule has 2 aliphatic heterocycles. The number of aliphatic hydroxyl groups is 1. The number of aliphatic hydroxyl groups excluding tert-OH is 1. The zero-order chi connectivity index (χ0) is 14.3. The van der Waals surface area contributed by atoms with E-state index in [0.717, 1.165) is 32.5 Å². The van der Waals surface area contributed by atoms with Crippen LogP contribution in [0.1, 0.15) is 40.5 Å². The van der Waals surface area contributed by atoms with Crippen molar-refractivity contribution in [2.45, 2.75) is 63.9 Å². The number of piperidine rings is 1. The molecule has 19 heavy (non-hydrogen) atoms. The largest absolute Gasteiger partial charge is 0.393 e. The van der Waals surface area contributed by atoms with Crippen molar-refractivity contribution < 1.29 is 9.84 Å². The third-order valence-electron chi connectivity index (χ3n) is 4.89. The van der Waals surface area contributed by atoms with Crippen molar-refractivity contribution in [3.8, 4) is 0 Å². The number of likely N-dealkylation sites (tertiary alicyclic amines) is 1. The van der Waals surface area contributed by atoms with Crippen molar-refractivity contribution in [1.29, 1.82) is 0 Å².